The number of ether oxygens (including phenoxy) is 2. The standard InChI is InChI=1S/C10H13NO4/c1-14-9(12)7-8(10(13)15-2)11-5-3-4-6-11/h3-6,8H,7H2,1-2H3. The Morgan fingerprint density at radius 2 is 1.80 bits per heavy atom. The van der Waals surface area contributed by atoms with E-state index < -0.39 is 18.0 Å². The van der Waals surface area contributed by atoms with Crippen molar-refractivity contribution in [2.24, 2.45) is 0 Å². The number of methoxy groups -OCH3 is 2. The van der Waals surface area contributed by atoms with E-state index in [-0.39, 0.29) is 6.42 Å². The Bertz CT molecular complexity index is 331. The number of hydrogen-bond acceptors (Lipinski definition) is 4. The third-order valence-electron chi connectivity index (χ3n) is 2.05. The summed E-state index contributed by atoms with van der Waals surface area (Å²) < 4.78 is 10.7. The fourth-order valence-electron chi connectivity index (χ4n) is 1.24. The second-order valence-electron chi connectivity index (χ2n) is 2.95. The van der Waals surface area contributed by atoms with Gasteiger partial charge in [-0.05, 0) is 12.1 Å². The number of rotatable bonds is 4. The molecular formula is C10H13NO4. The third-order valence-corrected chi connectivity index (χ3v) is 2.05. The Balaban J connectivity index is 2.79. The zero-order valence-electron chi connectivity index (χ0n) is 8.67. The highest BCUT2D eigenvalue weighted by Crippen LogP contribution is 2.14. The molecule has 1 aromatic heterocycles. The largest absolute Gasteiger partial charge is 0.469 e. The maximum absolute atomic E-state index is 11.4. The second-order valence-corrected chi connectivity index (χ2v) is 2.95. The molecule has 82 valence electrons. The minimum absolute atomic E-state index is 0.0299. The van der Waals surface area contributed by atoms with Crippen LogP contribution in [0.25, 0.3) is 0 Å². The zero-order chi connectivity index (χ0) is 11.3. The van der Waals surface area contributed by atoms with E-state index in [4.69, 9.17) is 0 Å². The molecule has 1 rings (SSSR count). The molecule has 0 saturated carbocycles. The lowest BCUT2D eigenvalue weighted by atomic mass is 10.2. The predicted octanol–water partition coefficient (Wildman–Crippen LogP) is 0.765. The monoisotopic (exact) mass is 211 g/mol. The molecule has 1 atom stereocenters. The highest BCUT2D eigenvalue weighted by atomic mass is 16.5. The summed E-state index contributed by atoms with van der Waals surface area (Å²) in [4.78, 5) is 22.5. The maximum atomic E-state index is 11.4. The van der Waals surface area contributed by atoms with E-state index in [0.29, 0.717) is 0 Å². The molecule has 0 fully saturated rings. The summed E-state index contributed by atoms with van der Waals surface area (Å²) in [6.45, 7) is 0. The molecule has 0 saturated heterocycles. The first-order valence-corrected chi connectivity index (χ1v) is 4.46. The molecule has 0 aliphatic rings. The van der Waals surface area contributed by atoms with Crippen molar-refractivity contribution < 1.29 is 19.1 Å². The van der Waals surface area contributed by atoms with Crippen LogP contribution in [0.5, 0.6) is 0 Å². The van der Waals surface area contributed by atoms with Gasteiger partial charge in [0.05, 0.1) is 20.6 Å². The SMILES string of the molecule is COC(=O)CC(C(=O)OC)n1cccc1. The normalized spacial score (nSPS) is 11.9. The Morgan fingerprint density at radius 3 is 2.27 bits per heavy atom. The number of aromatic nitrogens is 1. The number of esters is 2. The fourth-order valence-corrected chi connectivity index (χ4v) is 1.24. The van der Waals surface area contributed by atoms with Gasteiger partial charge in [0, 0.05) is 12.4 Å². The van der Waals surface area contributed by atoms with Gasteiger partial charge in [-0.15, -0.1) is 0 Å². The molecule has 0 spiro atoms. The van der Waals surface area contributed by atoms with E-state index in [1.54, 1.807) is 29.1 Å². The van der Waals surface area contributed by atoms with Crippen LogP contribution in [0, 0.1) is 0 Å². The van der Waals surface area contributed by atoms with Crippen molar-refractivity contribution in [1.29, 1.82) is 0 Å². The van der Waals surface area contributed by atoms with Crippen LogP contribution in [-0.2, 0) is 19.1 Å². The Hall–Kier alpha value is -1.78. The van der Waals surface area contributed by atoms with Crippen LogP contribution < -0.4 is 0 Å². The summed E-state index contributed by atoms with van der Waals surface area (Å²) in [6, 6.07) is 2.89. The average molecular weight is 211 g/mol. The van der Waals surface area contributed by atoms with E-state index in [0.717, 1.165) is 0 Å². The smallest absolute Gasteiger partial charge is 0.329 e. The summed E-state index contributed by atoms with van der Waals surface area (Å²) in [6.07, 6.45) is 3.37. The first-order valence-electron chi connectivity index (χ1n) is 4.46. The van der Waals surface area contributed by atoms with Gasteiger partial charge in [0.1, 0.15) is 6.04 Å². The Kier molecular flexibility index (Phi) is 3.91. The van der Waals surface area contributed by atoms with Gasteiger partial charge >= 0.3 is 11.9 Å². The van der Waals surface area contributed by atoms with Gasteiger partial charge in [-0.2, -0.15) is 0 Å². The summed E-state index contributed by atoms with van der Waals surface area (Å²) >= 11 is 0. The highest BCUT2D eigenvalue weighted by Gasteiger charge is 2.23. The molecular weight excluding hydrogens is 198 g/mol. The van der Waals surface area contributed by atoms with Gasteiger partial charge in [-0.25, -0.2) is 4.79 Å². The van der Waals surface area contributed by atoms with Crippen LogP contribution in [0.2, 0.25) is 0 Å². The van der Waals surface area contributed by atoms with Crippen LogP contribution in [0.4, 0.5) is 0 Å². The van der Waals surface area contributed by atoms with Gasteiger partial charge in [0.2, 0.25) is 0 Å². The molecule has 0 radical (unpaired) electrons. The summed E-state index contributed by atoms with van der Waals surface area (Å²) in [5, 5.41) is 0. The Morgan fingerprint density at radius 1 is 1.20 bits per heavy atom. The van der Waals surface area contributed by atoms with Gasteiger partial charge in [0.15, 0.2) is 0 Å². The highest BCUT2D eigenvalue weighted by molar-refractivity contribution is 5.81. The van der Waals surface area contributed by atoms with Gasteiger partial charge in [-0.1, -0.05) is 0 Å². The molecule has 0 amide bonds. The first-order chi connectivity index (χ1) is 7.19. The van der Waals surface area contributed by atoms with Crippen LogP contribution in [-0.4, -0.2) is 30.7 Å². The summed E-state index contributed by atoms with van der Waals surface area (Å²) in [5.74, 6) is -0.907. The maximum Gasteiger partial charge on any atom is 0.329 e. The van der Waals surface area contributed by atoms with Crippen LogP contribution in [0.15, 0.2) is 24.5 Å². The second kappa shape index (κ2) is 5.19. The molecule has 0 aromatic carbocycles. The van der Waals surface area contributed by atoms with Crippen molar-refractivity contribution >= 4 is 11.9 Å². The molecule has 1 aromatic rings. The van der Waals surface area contributed by atoms with Crippen molar-refractivity contribution in [1.82, 2.24) is 4.57 Å². The first kappa shape index (κ1) is 11.3. The summed E-state index contributed by atoms with van der Waals surface area (Å²) in [7, 11) is 2.57. The molecule has 1 unspecified atom stereocenters. The minimum atomic E-state index is -0.655. The molecule has 5 heteroatoms. The fraction of sp³-hybridized carbons (Fsp3) is 0.400. The van der Waals surface area contributed by atoms with E-state index in [1.165, 1.54) is 14.2 Å². The summed E-state index contributed by atoms with van der Waals surface area (Å²) in [5.41, 5.74) is 0. The topological polar surface area (TPSA) is 57.5 Å². The lowest BCUT2D eigenvalue weighted by Gasteiger charge is -2.14. The lowest BCUT2D eigenvalue weighted by Crippen LogP contribution is -2.23. The van der Waals surface area contributed by atoms with Crippen molar-refractivity contribution in [2.75, 3.05) is 14.2 Å². The number of nitrogens with zero attached hydrogens (tertiary/aromatic N) is 1. The molecule has 5 nitrogen and oxygen atoms in total. The minimum Gasteiger partial charge on any atom is -0.469 e. The van der Waals surface area contributed by atoms with E-state index in [2.05, 4.69) is 9.47 Å². The lowest BCUT2D eigenvalue weighted by molar-refractivity contribution is -0.151. The number of carbonyl (C=O) groups is 2. The molecule has 0 bridgehead atoms. The van der Waals surface area contributed by atoms with Crippen LogP contribution >= 0.6 is 0 Å². The zero-order valence-corrected chi connectivity index (χ0v) is 8.67. The average Bonchev–Trinajstić information content (AvgIpc) is 2.77. The van der Waals surface area contributed by atoms with Crippen molar-refractivity contribution in [2.45, 2.75) is 12.5 Å². The van der Waals surface area contributed by atoms with Gasteiger partial charge in [-0.3, -0.25) is 4.79 Å². The van der Waals surface area contributed by atoms with E-state index in [1.807, 2.05) is 0 Å². The van der Waals surface area contributed by atoms with Gasteiger partial charge in [0.25, 0.3) is 0 Å². The number of hydrogen-bond donors (Lipinski definition) is 0. The number of carbonyl (C=O) groups excluding carboxylic acids is 2. The van der Waals surface area contributed by atoms with E-state index >= 15 is 0 Å². The van der Waals surface area contributed by atoms with Crippen molar-refractivity contribution in [3.63, 3.8) is 0 Å². The molecule has 0 aliphatic carbocycles. The molecule has 0 aliphatic heterocycles. The van der Waals surface area contributed by atoms with Crippen molar-refractivity contribution in [3.8, 4) is 0 Å². The molecule has 1 heterocycles. The third kappa shape index (κ3) is 2.83. The molecule has 0 N–H and O–H groups in total. The van der Waals surface area contributed by atoms with E-state index in [9.17, 15) is 9.59 Å². The van der Waals surface area contributed by atoms with Crippen LogP contribution in [0.1, 0.15) is 12.5 Å². The van der Waals surface area contributed by atoms with Crippen LogP contribution in [0.3, 0.4) is 0 Å². The quantitative estimate of drug-likeness (QED) is 0.690. The Labute approximate surface area is 87.6 Å². The molecule has 15 heavy (non-hydrogen) atoms. The predicted molar refractivity (Wildman–Crippen MR) is 52.1 cm³/mol. The van der Waals surface area contributed by atoms with Gasteiger partial charge < -0.3 is 14.0 Å². The van der Waals surface area contributed by atoms with Crippen molar-refractivity contribution in [3.05, 3.63) is 24.5 Å².